The van der Waals surface area contributed by atoms with Crippen molar-refractivity contribution in [1.29, 1.82) is 0 Å². The molecule has 1 aromatic heterocycles. The molecule has 34 heavy (non-hydrogen) atoms. The van der Waals surface area contributed by atoms with E-state index in [1.165, 1.54) is 37.9 Å². The summed E-state index contributed by atoms with van der Waals surface area (Å²) in [5, 5.41) is 19.5. The van der Waals surface area contributed by atoms with E-state index in [2.05, 4.69) is 15.6 Å². The highest BCUT2D eigenvalue weighted by atomic mass is 35.5. The summed E-state index contributed by atoms with van der Waals surface area (Å²) >= 11 is 5.83. The molecule has 1 N–H and O–H groups in total. The van der Waals surface area contributed by atoms with Gasteiger partial charge in [0.05, 0.1) is 23.8 Å². The van der Waals surface area contributed by atoms with Gasteiger partial charge in [0, 0.05) is 5.02 Å². The molecular formula is C22H20ClN5O6. The van der Waals surface area contributed by atoms with Gasteiger partial charge in [0.25, 0.3) is 5.91 Å². The number of nitrogens with one attached hydrogen (secondary N) is 1. The first kappa shape index (κ1) is 24.4. The Bertz CT molecular complexity index is 1270. The highest BCUT2D eigenvalue weighted by Gasteiger charge is 2.22. The van der Waals surface area contributed by atoms with Crippen LogP contribution in [0.15, 0.2) is 47.6 Å². The zero-order valence-electron chi connectivity index (χ0n) is 18.4. The first-order chi connectivity index (χ1) is 16.2. The lowest BCUT2D eigenvalue weighted by Gasteiger charge is -2.10. The van der Waals surface area contributed by atoms with Crippen LogP contribution >= 0.6 is 11.6 Å². The van der Waals surface area contributed by atoms with Gasteiger partial charge in [-0.2, -0.15) is 10.2 Å². The van der Waals surface area contributed by atoms with Gasteiger partial charge in [0.2, 0.25) is 0 Å². The number of hydrogen-bond acceptors (Lipinski definition) is 8. The zero-order chi connectivity index (χ0) is 24.8. The van der Waals surface area contributed by atoms with Crippen molar-refractivity contribution in [2.45, 2.75) is 20.4 Å². The molecule has 0 bridgehead atoms. The Morgan fingerprint density at radius 2 is 1.91 bits per heavy atom. The second-order valence-electron chi connectivity index (χ2n) is 7.03. The molecule has 0 aliphatic heterocycles. The predicted molar refractivity (Wildman–Crippen MR) is 123 cm³/mol. The number of carbonyl (C=O) groups excluding carboxylic acids is 2. The first-order valence-electron chi connectivity index (χ1n) is 9.85. The first-order valence-corrected chi connectivity index (χ1v) is 10.2. The summed E-state index contributed by atoms with van der Waals surface area (Å²) < 4.78 is 11.9. The average Bonchev–Trinajstić information content (AvgIpc) is 3.07. The summed E-state index contributed by atoms with van der Waals surface area (Å²) in [5.74, 6) is -0.604. The maximum absolute atomic E-state index is 12.3. The van der Waals surface area contributed by atoms with Gasteiger partial charge < -0.3 is 9.47 Å². The number of halogens is 1. The Kier molecular flexibility index (Phi) is 7.59. The quantitative estimate of drug-likeness (QED) is 0.169. The summed E-state index contributed by atoms with van der Waals surface area (Å²) in [4.78, 5) is 35.0. The summed E-state index contributed by atoms with van der Waals surface area (Å²) in [6.07, 6.45) is 1.37. The van der Waals surface area contributed by atoms with Crippen LogP contribution in [0.3, 0.4) is 0 Å². The van der Waals surface area contributed by atoms with Gasteiger partial charge >= 0.3 is 11.7 Å². The minimum absolute atomic E-state index is 0.125. The number of aryl methyl sites for hydroxylation is 1. The van der Waals surface area contributed by atoms with Gasteiger partial charge in [0.15, 0.2) is 11.5 Å². The fourth-order valence-corrected chi connectivity index (χ4v) is 3.18. The Morgan fingerprint density at radius 1 is 1.21 bits per heavy atom. The second-order valence-corrected chi connectivity index (χ2v) is 7.47. The maximum atomic E-state index is 12.3. The van der Waals surface area contributed by atoms with Crippen LogP contribution in [0.4, 0.5) is 5.69 Å². The van der Waals surface area contributed by atoms with E-state index in [1.807, 2.05) is 0 Å². The lowest BCUT2D eigenvalue weighted by atomic mass is 10.2. The number of nitro groups is 1. The van der Waals surface area contributed by atoms with Gasteiger partial charge in [-0.1, -0.05) is 11.6 Å². The number of methoxy groups -OCH3 is 1. The summed E-state index contributed by atoms with van der Waals surface area (Å²) in [6, 6.07) is 11.0. The van der Waals surface area contributed by atoms with Crippen LogP contribution in [0.2, 0.25) is 5.02 Å². The normalized spacial score (nSPS) is 10.8. The SMILES string of the molecule is COc1cc(C=NNC(=O)Cn2nc(C)c([N+](=O)[O-])c2C)ccc1OC(=O)c1ccc(Cl)cc1. The van der Waals surface area contributed by atoms with Crippen LogP contribution in [-0.2, 0) is 11.3 Å². The van der Waals surface area contributed by atoms with Crippen molar-refractivity contribution in [3.05, 3.63) is 80.1 Å². The van der Waals surface area contributed by atoms with E-state index in [0.29, 0.717) is 16.1 Å². The van der Waals surface area contributed by atoms with Crippen LogP contribution in [-0.4, -0.2) is 39.9 Å². The van der Waals surface area contributed by atoms with Crippen molar-refractivity contribution in [3.63, 3.8) is 0 Å². The van der Waals surface area contributed by atoms with E-state index in [0.717, 1.165) is 0 Å². The number of nitrogens with zero attached hydrogens (tertiary/aromatic N) is 4. The predicted octanol–water partition coefficient (Wildman–Crippen LogP) is 3.44. The molecule has 176 valence electrons. The number of rotatable bonds is 8. The molecule has 1 heterocycles. The number of esters is 1. The Hall–Kier alpha value is -4.25. The molecule has 0 saturated carbocycles. The minimum atomic E-state index is -0.576. The number of ether oxygens (including phenoxy) is 2. The van der Waals surface area contributed by atoms with Gasteiger partial charge in [-0.25, -0.2) is 10.2 Å². The summed E-state index contributed by atoms with van der Waals surface area (Å²) in [7, 11) is 1.42. The minimum Gasteiger partial charge on any atom is -0.493 e. The van der Waals surface area contributed by atoms with Crippen molar-refractivity contribution in [1.82, 2.24) is 15.2 Å². The number of hydrazone groups is 1. The maximum Gasteiger partial charge on any atom is 0.343 e. The third-order valence-electron chi connectivity index (χ3n) is 4.69. The van der Waals surface area contributed by atoms with E-state index >= 15 is 0 Å². The molecule has 0 aliphatic rings. The van der Waals surface area contributed by atoms with E-state index in [9.17, 15) is 19.7 Å². The van der Waals surface area contributed by atoms with Crippen molar-refractivity contribution in [3.8, 4) is 11.5 Å². The topological polar surface area (TPSA) is 138 Å². The third-order valence-corrected chi connectivity index (χ3v) is 4.94. The van der Waals surface area contributed by atoms with Crippen molar-refractivity contribution >= 4 is 35.4 Å². The second kappa shape index (κ2) is 10.6. The number of hydrogen-bond donors (Lipinski definition) is 1. The van der Waals surface area contributed by atoms with E-state index in [1.54, 1.807) is 36.4 Å². The standard InChI is InChI=1S/C22H20ClN5O6/c1-13-21(28(31)32)14(2)27(26-13)12-20(29)25-24-11-15-4-9-18(19(10-15)33-3)34-22(30)16-5-7-17(23)8-6-16/h4-11H,12H2,1-3H3,(H,25,29). The molecule has 0 unspecified atom stereocenters. The van der Waals surface area contributed by atoms with E-state index in [4.69, 9.17) is 21.1 Å². The smallest absolute Gasteiger partial charge is 0.343 e. The van der Waals surface area contributed by atoms with Crippen LogP contribution in [0.25, 0.3) is 0 Å². The summed E-state index contributed by atoms with van der Waals surface area (Å²) in [5.41, 5.74) is 3.60. The van der Waals surface area contributed by atoms with Crippen molar-refractivity contribution in [2.75, 3.05) is 7.11 Å². The van der Waals surface area contributed by atoms with Gasteiger partial charge in [0.1, 0.15) is 17.9 Å². The molecule has 0 atom stereocenters. The Morgan fingerprint density at radius 3 is 2.53 bits per heavy atom. The summed E-state index contributed by atoms with van der Waals surface area (Å²) in [6.45, 7) is 2.78. The van der Waals surface area contributed by atoms with Crippen LogP contribution in [0, 0.1) is 24.0 Å². The molecule has 0 spiro atoms. The lowest BCUT2D eigenvalue weighted by Crippen LogP contribution is -2.24. The van der Waals surface area contributed by atoms with Crippen LogP contribution in [0.5, 0.6) is 11.5 Å². The van der Waals surface area contributed by atoms with Gasteiger partial charge in [-0.15, -0.1) is 0 Å². The van der Waals surface area contributed by atoms with Crippen LogP contribution in [0.1, 0.15) is 27.3 Å². The van der Waals surface area contributed by atoms with E-state index < -0.39 is 16.8 Å². The van der Waals surface area contributed by atoms with Crippen LogP contribution < -0.4 is 14.9 Å². The number of amides is 1. The zero-order valence-corrected chi connectivity index (χ0v) is 19.2. The largest absolute Gasteiger partial charge is 0.493 e. The molecule has 0 radical (unpaired) electrons. The highest BCUT2D eigenvalue weighted by molar-refractivity contribution is 6.30. The molecule has 0 aliphatic carbocycles. The molecule has 0 fully saturated rings. The molecule has 3 aromatic rings. The van der Waals surface area contributed by atoms with Crippen molar-refractivity contribution < 1.29 is 24.0 Å². The molecule has 3 rings (SSSR count). The average molecular weight is 486 g/mol. The van der Waals surface area contributed by atoms with E-state index in [-0.39, 0.29) is 35.1 Å². The number of carbonyl (C=O) groups is 2. The highest BCUT2D eigenvalue weighted by Crippen LogP contribution is 2.28. The fraction of sp³-hybridized carbons (Fsp3) is 0.182. The Labute approximate surface area is 199 Å². The van der Waals surface area contributed by atoms with Crippen molar-refractivity contribution in [2.24, 2.45) is 5.10 Å². The molecule has 12 heteroatoms. The number of benzene rings is 2. The van der Waals surface area contributed by atoms with Gasteiger partial charge in [-0.3, -0.25) is 19.6 Å². The monoisotopic (exact) mass is 485 g/mol. The molecule has 11 nitrogen and oxygen atoms in total. The molecule has 0 saturated heterocycles. The van der Waals surface area contributed by atoms with Gasteiger partial charge in [-0.05, 0) is 61.9 Å². The third kappa shape index (κ3) is 5.75. The molecular weight excluding hydrogens is 466 g/mol. The lowest BCUT2D eigenvalue weighted by molar-refractivity contribution is -0.386. The molecule has 2 aromatic carbocycles. The molecule has 1 amide bonds. The fourth-order valence-electron chi connectivity index (χ4n) is 3.05. The number of aromatic nitrogens is 2. The Balaban J connectivity index is 1.63.